The van der Waals surface area contributed by atoms with Crippen LogP contribution >= 0.6 is 0 Å². The van der Waals surface area contributed by atoms with Crippen molar-refractivity contribution in [1.29, 1.82) is 0 Å². The molecule has 3 saturated heterocycles. The van der Waals surface area contributed by atoms with E-state index in [1.54, 1.807) is 0 Å². The molecule has 0 saturated carbocycles. The van der Waals surface area contributed by atoms with Crippen LogP contribution in [0.2, 0.25) is 0 Å². The Morgan fingerprint density at radius 1 is 1.32 bits per heavy atom. The molecular weight excluding hydrogens is 282 g/mol. The highest BCUT2D eigenvalue weighted by atomic mass is 16.6. The van der Waals surface area contributed by atoms with Crippen LogP contribution in [-0.2, 0) is 20.7 Å². The van der Waals surface area contributed by atoms with Crippen molar-refractivity contribution in [2.75, 3.05) is 7.05 Å². The maximum atomic E-state index is 12.1. The summed E-state index contributed by atoms with van der Waals surface area (Å²) in [4.78, 5) is 14.5. The molecule has 0 radical (unpaired) electrons. The predicted molar refractivity (Wildman–Crippen MR) is 79.3 cm³/mol. The molecule has 1 unspecified atom stereocenters. The standard InChI is InChI=1S/C17H21NO4/c1-18-12-8-11(9-13(18)16-15(12)22-16)21-17(20)14(19)7-10-5-3-2-4-6-10/h2-6,11-16,19H,7-9H2,1H3/t11?,12-,13+,14-,15-,16+/m1/s1. The van der Waals surface area contributed by atoms with E-state index in [1.165, 1.54) is 0 Å². The molecule has 0 aliphatic carbocycles. The van der Waals surface area contributed by atoms with E-state index in [4.69, 9.17) is 9.47 Å². The number of morpholine rings is 1. The van der Waals surface area contributed by atoms with Crippen LogP contribution in [0.15, 0.2) is 30.3 Å². The number of piperidine rings is 1. The Morgan fingerprint density at radius 3 is 2.59 bits per heavy atom. The fraction of sp³-hybridized carbons (Fsp3) is 0.588. The van der Waals surface area contributed by atoms with Gasteiger partial charge in [0.25, 0.3) is 0 Å². The molecule has 118 valence electrons. The minimum absolute atomic E-state index is 0.0967. The lowest BCUT2D eigenvalue weighted by Crippen LogP contribution is -2.48. The average Bonchev–Trinajstić information content (AvgIpc) is 3.26. The van der Waals surface area contributed by atoms with Crippen molar-refractivity contribution >= 4 is 5.97 Å². The Labute approximate surface area is 129 Å². The van der Waals surface area contributed by atoms with E-state index in [1.807, 2.05) is 30.3 Å². The lowest BCUT2D eigenvalue weighted by atomic mass is 9.99. The fourth-order valence-corrected chi connectivity index (χ4v) is 3.96. The van der Waals surface area contributed by atoms with E-state index in [-0.39, 0.29) is 6.10 Å². The number of benzene rings is 1. The predicted octanol–water partition coefficient (Wildman–Crippen LogP) is 0.746. The zero-order valence-electron chi connectivity index (χ0n) is 12.6. The molecule has 3 aliphatic rings. The number of esters is 1. The second kappa shape index (κ2) is 5.33. The smallest absolute Gasteiger partial charge is 0.335 e. The highest BCUT2D eigenvalue weighted by molar-refractivity contribution is 5.75. The van der Waals surface area contributed by atoms with E-state index < -0.39 is 12.1 Å². The number of nitrogens with zero attached hydrogens (tertiary/aromatic N) is 1. The summed E-state index contributed by atoms with van der Waals surface area (Å²) >= 11 is 0. The van der Waals surface area contributed by atoms with Gasteiger partial charge in [-0.05, 0) is 12.6 Å². The molecule has 6 atom stereocenters. The van der Waals surface area contributed by atoms with Crippen molar-refractivity contribution in [3.05, 3.63) is 35.9 Å². The minimum atomic E-state index is -1.09. The Hall–Kier alpha value is -1.43. The van der Waals surface area contributed by atoms with Gasteiger partial charge in [0.2, 0.25) is 0 Å². The van der Waals surface area contributed by atoms with Crippen molar-refractivity contribution in [2.24, 2.45) is 0 Å². The molecule has 2 bridgehead atoms. The van der Waals surface area contributed by atoms with Crippen molar-refractivity contribution < 1.29 is 19.4 Å². The SMILES string of the molecule is CN1[C@@H]2CC(OC(=O)[C@H](O)Cc3ccccc3)C[C@H]1[C@@H]1O[C@@H]12. The Bertz CT molecular complexity index is 545. The topological polar surface area (TPSA) is 62.3 Å². The number of fused-ring (bicyclic) bond motifs is 5. The van der Waals surface area contributed by atoms with Crippen LogP contribution in [0.5, 0.6) is 0 Å². The van der Waals surface area contributed by atoms with E-state index in [9.17, 15) is 9.90 Å². The number of aliphatic hydroxyl groups excluding tert-OH is 1. The summed E-state index contributed by atoms with van der Waals surface area (Å²) in [6.07, 6.45) is 1.37. The molecule has 1 aromatic carbocycles. The van der Waals surface area contributed by atoms with E-state index >= 15 is 0 Å². The zero-order valence-corrected chi connectivity index (χ0v) is 12.6. The molecule has 3 fully saturated rings. The van der Waals surface area contributed by atoms with Gasteiger partial charge in [0, 0.05) is 31.3 Å². The van der Waals surface area contributed by atoms with Crippen molar-refractivity contribution in [1.82, 2.24) is 4.90 Å². The van der Waals surface area contributed by atoms with Crippen LogP contribution in [0.4, 0.5) is 0 Å². The van der Waals surface area contributed by atoms with Gasteiger partial charge >= 0.3 is 5.97 Å². The second-order valence-electron chi connectivity index (χ2n) is 6.60. The first-order chi connectivity index (χ1) is 10.6. The maximum Gasteiger partial charge on any atom is 0.335 e. The van der Waals surface area contributed by atoms with E-state index in [0.29, 0.717) is 30.7 Å². The number of carbonyl (C=O) groups is 1. The average molecular weight is 303 g/mol. The van der Waals surface area contributed by atoms with Crippen LogP contribution in [0.3, 0.4) is 0 Å². The summed E-state index contributed by atoms with van der Waals surface area (Å²) in [5.41, 5.74) is 0.935. The molecule has 3 aliphatic heterocycles. The third kappa shape index (κ3) is 2.43. The number of hydrogen-bond acceptors (Lipinski definition) is 5. The highest BCUT2D eigenvalue weighted by Crippen LogP contribution is 2.47. The number of aliphatic hydroxyl groups is 1. The number of rotatable bonds is 4. The molecule has 1 aromatic rings. The summed E-state index contributed by atoms with van der Waals surface area (Å²) in [6, 6.07) is 10.2. The first kappa shape index (κ1) is 14.2. The van der Waals surface area contributed by atoms with Crippen LogP contribution in [0.1, 0.15) is 18.4 Å². The third-order valence-corrected chi connectivity index (χ3v) is 5.20. The highest BCUT2D eigenvalue weighted by Gasteiger charge is 2.62. The first-order valence-corrected chi connectivity index (χ1v) is 7.93. The van der Waals surface area contributed by atoms with Gasteiger partial charge in [0.15, 0.2) is 6.10 Å². The number of likely N-dealkylation sites (N-methyl/N-ethyl adjacent to an activating group) is 1. The first-order valence-electron chi connectivity index (χ1n) is 7.93. The quantitative estimate of drug-likeness (QED) is 0.657. The van der Waals surface area contributed by atoms with Crippen LogP contribution in [0.25, 0.3) is 0 Å². The van der Waals surface area contributed by atoms with Gasteiger partial charge in [-0.25, -0.2) is 4.79 Å². The molecule has 5 nitrogen and oxygen atoms in total. The lowest BCUT2D eigenvalue weighted by molar-refractivity contribution is -0.163. The Kier molecular flexibility index (Phi) is 3.44. The Balaban J connectivity index is 1.33. The van der Waals surface area contributed by atoms with Crippen molar-refractivity contribution in [2.45, 2.75) is 55.8 Å². The lowest BCUT2D eigenvalue weighted by Gasteiger charge is -2.38. The van der Waals surface area contributed by atoms with E-state index in [0.717, 1.165) is 18.4 Å². The van der Waals surface area contributed by atoms with Crippen LogP contribution in [-0.4, -0.2) is 59.5 Å². The van der Waals surface area contributed by atoms with Gasteiger partial charge in [-0.15, -0.1) is 0 Å². The van der Waals surface area contributed by atoms with Crippen LogP contribution < -0.4 is 0 Å². The fourth-order valence-electron chi connectivity index (χ4n) is 3.96. The monoisotopic (exact) mass is 303 g/mol. The molecule has 22 heavy (non-hydrogen) atoms. The second-order valence-corrected chi connectivity index (χ2v) is 6.60. The molecule has 5 heteroatoms. The number of epoxide rings is 1. The third-order valence-electron chi connectivity index (χ3n) is 5.20. The molecule has 3 heterocycles. The van der Waals surface area contributed by atoms with E-state index in [2.05, 4.69) is 11.9 Å². The molecular formula is C17H21NO4. The summed E-state index contributed by atoms with van der Waals surface area (Å²) in [6.45, 7) is 0. The number of carbonyl (C=O) groups excluding carboxylic acids is 1. The van der Waals surface area contributed by atoms with Gasteiger partial charge in [-0.1, -0.05) is 30.3 Å². The largest absolute Gasteiger partial charge is 0.460 e. The molecule has 0 aromatic heterocycles. The molecule has 0 amide bonds. The molecule has 4 rings (SSSR count). The normalized spacial score (nSPS) is 37.5. The number of hydrogen-bond donors (Lipinski definition) is 1. The van der Waals surface area contributed by atoms with Crippen molar-refractivity contribution in [3.8, 4) is 0 Å². The zero-order chi connectivity index (χ0) is 15.3. The van der Waals surface area contributed by atoms with Crippen LogP contribution in [0, 0.1) is 0 Å². The summed E-state index contributed by atoms with van der Waals surface area (Å²) < 4.78 is 11.2. The van der Waals surface area contributed by atoms with Gasteiger partial charge < -0.3 is 14.6 Å². The summed E-state index contributed by atoms with van der Waals surface area (Å²) in [5, 5.41) is 10.1. The van der Waals surface area contributed by atoms with Gasteiger partial charge in [0.1, 0.15) is 18.3 Å². The van der Waals surface area contributed by atoms with Crippen molar-refractivity contribution in [3.63, 3.8) is 0 Å². The minimum Gasteiger partial charge on any atom is -0.460 e. The molecule has 1 N–H and O–H groups in total. The summed E-state index contributed by atoms with van der Waals surface area (Å²) in [5.74, 6) is -0.507. The van der Waals surface area contributed by atoms with Gasteiger partial charge in [-0.3, -0.25) is 4.90 Å². The maximum absolute atomic E-state index is 12.1. The van der Waals surface area contributed by atoms with Gasteiger partial charge in [-0.2, -0.15) is 0 Å². The number of ether oxygens (including phenoxy) is 2. The Morgan fingerprint density at radius 2 is 1.95 bits per heavy atom. The van der Waals surface area contributed by atoms with Gasteiger partial charge in [0.05, 0.1) is 0 Å². The summed E-state index contributed by atoms with van der Waals surface area (Å²) in [7, 11) is 2.12. The molecule has 0 spiro atoms.